The molecule has 2 bridgehead atoms. The maximum absolute atomic E-state index is 11.9. The van der Waals surface area contributed by atoms with Gasteiger partial charge in [-0.1, -0.05) is 13.8 Å². The van der Waals surface area contributed by atoms with Crippen LogP contribution in [0.2, 0.25) is 0 Å². The minimum atomic E-state index is -4.08. The van der Waals surface area contributed by atoms with E-state index in [1.54, 1.807) is 0 Å². The summed E-state index contributed by atoms with van der Waals surface area (Å²) in [5, 5.41) is 0. The molecule has 0 saturated heterocycles. The van der Waals surface area contributed by atoms with Gasteiger partial charge in [0.25, 0.3) is 10.1 Å². The van der Waals surface area contributed by atoms with Crippen LogP contribution in [0.15, 0.2) is 0 Å². The van der Waals surface area contributed by atoms with Gasteiger partial charge in [0.2, 0.25) is 0 Å². The molecule has 0 amide bonds. The van der Waals surface area contributed by atoms with E-state index in [4.69, 9.17) is 4.55 Å². The fourth-order valence-electron chi connectivity index (χ4n) is 3.42. The summed E-state index contributed by atoms with van der Waals surface area (Å²) in [7, 11) is -4.08. The zero-order valence-electron chi connectivity index (χ0n) is 8.99. The van der Waals surface area contributed by atoms with Crippen LogP contribution in [0.25, 0.3) is 0 Å². The first-order valence-corrected chi connectivity index (χ1v) is 6.78. The second-order valence-electron chi connectivity index (χ2n) is 5.39. The van der Waals surface area contributed by atoms with E-state index in [1.807, 2.05) is 13.8 Å². The van der Waals surface area contributed by atoms with Crippen molar-refractivity contribution in [3.05, 3.63) is 0 Å². The second kappa shape index (κ2) is 4.19. The van der Waals surface area contributed by atoms with Crippen LogP contribution in [0.3, 0.4) is 0 Å². The minimum absolute atomic E-state index is 0. The van der Waals surface area contributed by atoms with Crippen molar-refractivity contribution < 1.29 is 17.8 Å². The molecule has 2 saturated carbocycles. The van der Waals surface area contributed by atoms with Gasteiger partial charge in [-0.2, -0.15) is 8.42 Å². The Labute approximate surface area is 126 Å². The van der Waals surface area contributed by atoms with Crippen molar-refractivity contribution >= 4 is 53.6 Å². The molecular formula is C10H18CaO4S. The van der Waals surface area contributed by atoms with Crippen molar-refractivity contribution in [2.24, 2.45) is 16.7 Å². The Morgan fingerprint density at radius 1 is 1.44 bits per heavy atom. The van der Waals surface area contributed by atoms with Crippen molar-refractivity contribution in [1.29, 1.82) is 0 Å². The quantitative estimate of drug-likeness (QED) is 0.583. The third-order valence-corrected chi connectivity index (χ3v) is 5.43. The van der Waals surface area contributed by atoms with Gasteiger partial charge in [0.15, 0.2) is 0 Å². The fraction of sp³-hybridized carbons (Fsp3) is 0.900. The molecule has 0 aromatic rings. The van der Waals surface area contributed by atoms with Gasteiger partial charge in [0.05, 0.1) is 11.2 Å². The van der Waals surface area contributed by atoms with Crippen LogP contribution >= 0.6 is 0 Å². The molecule has 2 rings (SSSR count). The van der Waals surface area contributed by atoms with Crippen LogP contribution < -0.4 is 0 Å². The first kappa shape index (κ1) is 14.9. The Hall–Kier alpha value is 0.840. The van der Waals surface area contributed by atoms with Crippen molar-refractivity contribution in [3.63, 3.8) is 0 Å². The summed E-state index contributed by atoms with van der Waals surface area (Å²) in [5.74, 6) is -0.101. The summed E-state index contributed by atoms with van der Waals surface area (Å²) in [6, 6.07) is 0. The van der Waals surface area contributed by atoms with Gasteiger partial charge in [-0.25, -0.2) is 0 Å². The van der Waals surface area contributed by atoms with Crippen LogP contribution in [0.4, 0.5) is 0 Å². The summed E-state index contributed by atoms with van der Waals surface area (Å²) in [6.07, 6.45) is 1.97. The zero-order chi connectivity index (χ0) is 11.5. The van der Waals surface area contributed by atoms with E-state index in [9.17, 15) is 13.2 Å². The van der Waals surface area contributed by atoms with Gasteiger partial charge in [0, 0.05) is 6.42 Å². The molecule has 4 nitrogen and oxygen atoms in total. The molecule has 2 aliphatic rings. The van der Waals surface area contributed by atoms with Gasteiger partial charge >= 0.3 is 37.7 Å². The summed E-state index contributed by atoms with van der Waals surface area (Å²) in [6.45, 7) is 3.89. The molecule has 0 aromatic carbocycles. The number of rotatable bonds is 2. The van der Waals surface area contributed by atoms with Gasteiger partial charge in [0.1, 0.15) is 5.78 Å². The van der Waals surface area contributed by atoms with Crippen molar-refractivity contribution in [2.75, 3.05) is 5.75 Å². The molecule has 2 atom stereocenters. The standard InChI is InChI=1S/C10H16O4S.Ca.2H/c1-9(2)7-3-4-10(9,8(11)5-7)6-15(12,13)14;;;/h7H,3-6H2,1-2H3,(H,12,13,14);;;. The van der Waals surface area contributed by atoms with E-state index in [0.717, 1.165) is 6.42 Å². The van der Waals surface area contributed by atoms with Crippen molar-refractivity contribution in [2.45, 2.75) is 33.1 Å². The third kappa shape index (κ3) is 1.99. The van der Waals surface area contributed by atoms with E-state index in [2.05, 4.69) is 0 Å². The van der Waals surface area contributed by atoms with E-state index in [0.29, 0.717) is 12.8 Å². The van der Waals surface area contributed by atoms with Crippen LogP contribution in [0.5, 0.6) is 0 Å². The fourth-order valence-corrected chi connectivity index (χ4v) is 4.72. The SMILES string of the molecule is CC1(C)C2CCC1(CS(=O)(=O)O)C(=O)C2.[CaH2]. The summed E-state index contributed by atoms with van der Waals surface area (Å²) >= 11 is 0. The van der Waals surface area contributed by atoms with Gasteiger partial charge < -0.3 is 0 Å². The van der Waals surface area contributed by atoms with Gasteiger partial charge in [-0.3, -0.25) is 9.35 Å². The first-order chi connectivity index (χ1) is 6.69. The predicted octanol–water partition coefficient (Wildman–Crippen LogP) is 0.353. The molecule has 16 heavy (non-hydrogen) atoms. The van der Waals surface area contributed by atoms with Crippen LogP contribution in [0, 0.1) is 16.7 Å². The number of ketones is 1. The summed E-state index contributed by atoms with van der Waals surface area (Å²) in [4.78, 5) is 11.9. The second-order valence-corrected chi connectivity index (χ2v) is 6.85. The van der Waals surface area contributed by atoms with E-state index in [1.165, 1.54) is 0 Å². The Bertz CT molecular complexity index is 415. The first-order valence-electron chi connectivity index (χ1n) is 5.17. The van der Waals surface area contributed by atoms with Gasteiger partial charge in [-0.05, 0) is 24.2 Å². The zero-order valence-corrected chi connectivity index (χ0v) is 9.80. The third-order valence-electron chi connectivity index (χ3n) is 4.57. The topological polar surface area (TPSA) is 71.4 Å². The van der Waals surface area contributed by atoms with E-state index < -0.39 is 21.3 Å². The molecular weight excluding hydrogens is 256 g/mol. The number of carbonyl (C=O) groups is 1. The number of hydrogen-bond donors (Lipinski definition) is 1. The predicted molar refractivity (Wildman–Crippen MR) is 63.5 cm³/mol. The molecule has 2 aliphatic carbocycles. The Kier molecular flexibility index (Phi) is 3.91. The number of fused-ring (bicyclic) bond motifs is 2. The number of carbonyl (C=O) groups excluding carboxylic acids is 1. The Balaban J connectivity index is 0.00000128. The molecule has 0 heterocycles. The normalized spacial score (nSPS) is 36.2. The Morgan fingerprint density at radius 3 is 2.31 bits per heavy atom. The summed E-state index contributed by atoms with van der Waals surface area (Å²) in [5.41, 5.74) is -1.12. The number of hydrogen-bond acceptors (Lipinski definition) is 3. The molecule has 90 valence electrons. The maximum atomic E-state index is 11.9. The van der Waals surface area contributed by atoms with Crippen molar-refractivity contribution in [1.82, 2.24) is 0 Å². The molecule has 2 unspecified atom stereocenters. The average molecular weight is 274 g/mol. The van der Waals surface area contributed by atoms with Crippen LogP contribution in [0.1, 0.15) is 33.1 Å². The van der Waals surface area contributed by atoms with E-state index in [-0.39, 0.29) is 54.9 Å². The average Bonchev–Trinajstić information content (AvgIpc) is 2.34. The van der Waals surface area contributed by atoms with Crippen LogP contribution in [-0.4, -0.2) is 62.2 Å². The summed E-state index contributed by atoms with van der Waals surface area (Å²) < 4.78 is 31.0. The Morgan fingerprint density at radius 2 is 2.00 bits per heavy atom. The monoisotopic (exact) mass is 274 g/mol. The molecule has 0 radical (unpaired) electrons. The number of Topliss-reactive ketones (excluding diaryl/α,β-unsaturated/α-hetero) is 1. The van der Waals surface area contributed by atoms with E-state index >= 15 is 0 Å². The van der Waals surface area contributed by atoms with Gasteiger partial charge in [-0.15, -0.1) is 0 Å². The molecule has 0 aliphatic heterocycles. The van der Waals surface area contributed by atoms with Crippen LogP contribution in [-0.2, 0) is 14.9 Å². The molecule has 2 fully saturated rings. The van der Waals surface area contributed by atoms with Crippen molar-refractivity contribution in [3.8, 4) is 0 Å². The molecule has 6 heteroatoms. The molecule has 1 N–H and O–H groups in total. The molecule has 0 aromatic heterocycles. The molecule has 0 spiro atoms.